The summed E-state index contributed by atoms with van der Waals surface area (Å²) in [7, 11) is 0. The molecule has 0 aliphatic carbocycles. The Morgan fingerprint density at radius 1 is 0.561 bits per heavy atom. The molecule has 41 heavy (non-hydrogen) atoms. The van der Waals surface area contributed by atoms with Crippen LogP contribution < -0.4 is 16.4 Å². The summed E-state index contributed by atoms with van der Waals surface area (Å²) >= 11 is 0. The smallest absolute Gasteiger partial charge is 0.246 e. The number of amides is 5. The Hall–Kier alpha value is -2.23. The Morgan fingerprint density at radius 3 is 1.29 bits per heavy atom. The van der Waals surface area contributed by atoms with Crippen molar-refractivity contribution in [2.45, 2.75) is 90.4 Å². The van der Waals surface area contributed by atoms with Gasteiger partial charge in [0.25, 0.3) is 0 Å². The van der Waals surface area contributed by atoms with Crippen LogP contribution in [0, 0.1) is 0 Å². The van der Waals surface area contributed by atoms with E-state index < -0.39 is 17.7 Å². The summed E-state index contributed by atoms with van der Waals surface area (Å²) in [6.45, 7) is 3.22. The molecule has 5 amide bonds. The fraction of sp³-hybridized carbons (Fsp3) is 0.800. The van der Waals surface area contributed by atoms with Crippen LogP contribution >= 0.6 is 24.8 Å². The molecule has 0 aromatic carbocycles. The van der Waals surface area contributed by atoms with Gasteiger partial charge in [-0.3, -0.25) is 39.6 Å². The Labute approximate surface area is 255 Å². The van der Waals surface area contributed by atoms with Gasteiger partial charge in [-0.05, 0) is 57.9 Å². The summed E-state index contributed by atoms with van der Waals surface area (Å²) in [6, 6.07) is 0. The molecule has 7 N–H and O–H groups in total. The van der Waals surface area contributed by atoms with Crippen LogP contribution in [-0.4, -0.2) is 99.6 Å². The standard InChI is InChI=1S/C25H48N6O8.2ClH/c1-21(32)29(37)18-9-3-6-16-27-22(33)12-14-25(36)31(39)20-10-4-7-17-28-23(34)11-13-24(35)30(38)19-8-2-5-15-26;;/h37-39H,2-20,26H2,1H3,(H,27,33)(H,28,34);2*1H. The molecule has 0 saturated heterocycles. The van der Waals surface area contributed by atoms with E-state index in [2.05, 4.69) is 10.6 Å². The van der Waals surface area contributed by atoms with Gasteiger partial charge in [-0.15, -0.1) is 24.8 Å². The average molecular weight is 634 g/mol. The molecule has 242 valence electrons. The predicted molar refractivity (Wildman–Crippen MR) is 156 cm³/mol. The molecule has 0 saturated carbocycles. The van der Waals surface area contributed by atoms with Crippen molar-refractivity contribution in [3.63, 3.8) is 0 Å². The number of hydrogen-bond acceptors (Lipinski definition) is 9. The monoisotopic (exact) mass is 632 g/mol. The lowest BCUT2D eigenvalue weighted by molar-refractivity contribution is -0.166. The van der Waals surface area contributed by atoms with Gasteiger partial charge in [0.05, 0.1) is 0 Å². The maximum absolute atomic E-state index is 12.0. The molecule has 0 bridgehead atoms. The molecule has 0 atom stereocenters. The van der Waals surface area contributed by atoms with Gasteiger partial charge in [0.1, 0.15) is 0 Å². The molecule has 0 radical (unpaired) electrons. The first-order valence-corrected chi connectivity index (χ1v) is 13.8. The predicted octanol–water partition coefficient (Wildman–Crippen LogP) is 1.77. The molecule has 0 aromatic rings. The molecule has 0 aliphatic rings. The molecule has 0 aliphatic heterocycles. The Kier molecular flexibility index (Phi) is 29.4. The molecule has 14 nitrogen and oxygen atoms in total. The van der Waals surface area contributed by atoms with Crippen LogP contribution in [0.1, 0.15) is 90.4 Å². The number of halogens is 2. The molecule has 0 aromatic heterocycles. The van der Waals surface area contributed by atoms with Crippen molar-refractivity contribution in [2.75, 3.05) is 39.3 Å². The Balaban J connectivity index is -0.00000722. The van der Waals surface area contributed by atoms with Gasteiger partial charge in [0.2, 0.25) is 29.5 Å². The summed E-state index contributed by atoms with van der Waals surface area (Å²) in [5.74, 6) is -2.05. The number of nitrogens with two attached hydrogens (primary N) is 1. The SMILES string of the molecule is CC(=O)N(O)CCCCCNC(=O)CCC(=O)N(O)CCCCCNC(=O)CCC(=O)N(O)CCCCCN.Cl.Cl. The maximum Gasteiger partial charge on any atom is 0.246 e. The third-order valence-electron chi connectivity index (χ3n) is 5.88. The van der Waals surface area contributed by atoms with Crippen molar-refractivity contribution in [2.24, 2.45) is 5.73 Å². The van der Waals surface area contributed by atoms with E-state index in [0.717, 1.165) is 19.3 Å². The zero-order chi connectivity index (χ0) is 29.5. The molecule has 0 heterocycles. The van der Waals surface area contributed by atoms with Crippen molar-refractivity contribution in [3.8, 4) is 0 Å². The fourth-order valence-electron chi connectivity index (χ4n) is 3.45. The van der Waals surface area contributed by atoms with E-state index in [4.69, 9.17) is 5.73 Å². The van der Waals surface area contributed by atoms with E-state index in [1.54, 1.807) is 0 Å². The first kappa shape index (κ1) is 43.2. The van der Waals surface area contributed by atoms with E-state index in [0.29, 0.717) is 73.3 Å². The Bertz CT molecular complexity index is 751. The summed E-state index contributed by atoms with van der Waals surface area (Å²) in [5, 5.41) is 36.1. The van der Waals surface area contributed by atoms with Crippen molar-refractivity contribution in [1.29, 1.82) is 0 Å². The molecule has 0 fully saturated rings. The van der Waals surface area contributed by atoms with Gasteiger partial charge in [-0.25, -0.2) is 15.2 Å². The van der Waals surface area contributed by atoms with Crippen LogP contribution in [0.25, 0.3) is 0 Å². The number of nitrogens with one attached hydrogen (secondary N) is 2. The summed E-state index contributed by atoms with van der Waals surface area (Å²) < 4.78 is 0. The Morgan fingerprint density at radius 2 is 0.927 bits per heavy atom. The topological polar surface area (TPSA) is 206 Å². The van der Waals surface area contributed by atoms with Crippen LogP contribution in [-0.2, 0) is 24.0 Å². The summed E-state index contributed by atoms with van der Waals surface area (Å²) in [4.78, 5) is 58.4. The van der Waals surface area contributed by atoms with Crippen molar-refractivity contribution in [1.82, 2.24) is 25.8 Å². The van der Waals surface area contributed by atoms with E-state index in [-0.39, 0.29) is 81.9 Å². The van der Waals surface area contributed by atoms with Gasteiger partial charge in [-0.2, -0.15) is 0 Å². The molecular weight excluding hydrogens is 583 g/mol. The highest BCUT2D eigenvalue weighted by Gasteiger charge is 2.14. The van der Waals surface area contributed by atoms with Crippen LogP contribution in [0.2, 0.25) is 0 Å². The van der Waals surface area contributed by atoms with E-state index >= 15 is 0 Å². The molecular formula is C25H50Cl2N6O8. The average Bonchev–Trinajstić information content (AvgIpc) is 2.91. The second-order valence-electron chi connectivity index (χ2n) is 9.35. The number of hydroxylamine groups is 6. The second kappa shape index (κ2) is 27.9. The maximum atomic E-state index is 12.0. The first-order valence-electron chi connectivity index (χ1n) is 13.8. The summed E-state index contributed by atoms with van der Waals surface area (Å²) in [5.41, 5.74) is 5.39. The molecule has 0 rings (SSSR count). The van der Waals surface area contributed by atoms with Crippen LogP contribution in [0.3, 0.4) is 0 Å². The minimum Gasteiger partial charge on any atom is -0.356 e. The number of rotatable bonds is 23. The third kappa shape index (κ3) is 25.2. The van der Waals surface area contributed by atoms with E-state index in [1.807, 2.05) is 0 Å². The van der Waals surface area contributed by atoms with Gasteiger partial charge in [0, 0.05) is 65.3 Å². The number of nitrogens with zero attached hydrogens (tertiary/aromatic N) is 3. The van der Waals surface area contributed by atoms with Gasteiger partial charge in [0.15, 0.2) is 0 Å². The van der Waals surface area contributed by atoms with Crippen LogP contribution in [0.4, 0.5) is 0 Å². The van der Waals surface area contributed by atoms with Crippen molar-refractivity contribution >= 4 is 54.3 Å². The number of unbranched alkanes of at least 4 members (excludes halogenated alkanes) is 6. The van der Waals surface area contributed by atoms with Crippen molar-refractivity contribution in [3.05, 3.63) is 0 Å². The van der Waals surface area contributed by atoms with Crippen molar-refractivity contribution < 1.29 is 39.6 Å². The highest BCUT2D eigenvalue weighted by molar-refractivity contribution is 5.86. The van der Waals surface area contributed by atoms with Crippen LogP contribution in [0.5, 0.6) is 0 Å². The van der Waals surface area contributed by atoms with Gasteiger partial charge in [-0.1, -0.05) is 6.42 Å². The normalized spacial score (nSPS) is 10.1. The first-order chi connectivity index (χ1) is 18.6. The lowest BCUT2D eigenvalue weighted by atomic mass is 10.2. The zero-order valence-corrected chi connectivity index (χ0v) is 25.7. The molecule has 16 heteroatoms. The highest BCUT2D eigenvalue weighted by Crippen LogP contribution is 2.03. The minimum absolute atomic E-state index is 0. The quantitative estimate of drug-likeness (QED) is 0.0550. The number of carbonyl (C=O) groups is 5. The van der Waals surface area contributed by atoms with Crippen LogP contribution in [0.15, 0.2) is 0 Å². The number of carbonyl (C=O) groups excluding carboxylic acids is 5. The highest BCUT2D eigenvalue weighted by atomic mass is 35.5. The second-order valence-corrected chi connectivity index (χ2v) is 9.35. The molecule has 0 unspecified atom stereocenters. The fourth-order valence-corrected chi connectivity index (χ4v) is 3.45. The van der Waals surface area contributed by atoms with E-state index in [9.17, 15) is 39.6 Å². The van der Waals surface area contributed by atoms with Gasteiger partial charge >= 0.3 is 0 Å². The van der Waals surface area contributed by atoms with Gasteiger partial charge < -0.3 is 16.4 Å². The minimum atomic E-state index is -0.548. The third-order valence-corrected chi connectivity index (χ3v) is 5.88. The largest absolute Gasteiger partial charge is 0.356 e. The lowest BCUT2D eigenvalue weighted by Gasteiger charge is -2.15. The molecule has 0 spiro atoms. The zero-order valence-electron chi connectivity index (χ0n) is 24.1. The lowest BCUT2D eigenvalue weighted by Crippen LogP contribution is -2.31. The number of hydrogen-bond donors (Lipinski definition) is 6. The van der Waals surface area contributed by atoms with E-state index in [1.165, 1.54) is 6.92 Å². The summed E-state index contributed by atoms with van der Waals surface area (Å²) in [6.07, 6.45) is 5.84.